The average molecular weight is 467 g/mol. The number of pyridine rings is 1. The van der Waals surface area contributed by atoms with E-state index in [-0.39, 0.29) is 0 Å². The first-order valence-electron chi connectivity index (χ1n) is 9.76. The Kier molecular flexibility index (Phi) is 6.90. The molecule has 2 heterocycles. The number of nitriles is 1. The Balaban J connectivity index is 1.65. The molecule has 0 unspecified atom stereocenters. The van der Waals surface area contributed by atoms with Crippen molar-refractivity contribution in [3.8, 4) is 29.2 Å². The van der Waals surface area contributed by atoms with Crippen LogP contribution in [-0.2, 0) is 0 Å². The fourth-order valence-electron chi connectivity index (χ4n) is 3.05. The number of methoxy groups -OCH3 is 1. The first-order chi connectivity index (χ1) is 15.7. The van der Waals surface area contributed by atoms with Crippen LogP contribution in [0.25, 0.3) is 10.9 Å². The number of nitrogens with one attached hydrogen (secondary N) is 1. The zero-order valence-electron chi connectivity index (χ0n) is 17.2. The molecule has 0 saturated carbocycles. The number of rotatable bonds is 9. The maximum atomic E-state index is 9.64. The zero-order chi connectivity index (χ0) is 22.3. The van der Waals surface area contributed by atoms with Crippen LogP contribution < -0.4 is 19.5 Å². The molecule has 0 saturated heterocycles. The highest BCUT2D eigenvalue weighted by molar-refractivity contribution is 7.03. The van der Waals surface area contributed by atoms with Crippen LogP contribution in [-0.4, -0.2) is 29.0 Å². The summed E-state index contributed by atoms with van der Waals surface area (Å²) in [5.74, 6) is 2.87. The number of anilines is 2. The molecule has 0 fully saturated rings. The lowest BCUT2D eigenvalue weighted by molar-refractivity contribution is 0.295. The number of hydrogen-bond donors (Lipinski definition) is 1. The number of fused-ring (bicyclic) bond motifs is 1. The summed E-state index contributed by atoms with van der Waals surface area (Å²) in [5.41, 5.74) is 2.52. The van der Waals surface area contributed by atoms with E-state index in [0.717, 1.165) is 17.5 Å². The van der Waals surface area contributed by atoms with E-state index in [1.807, 2.05) is 35.7 Å². The van der Waals surface area contributed by atoms with Crippen LogP contribution in [0.1, 0.15) is 12.0 Å². The van der Waals surface area contributed by atoms with Crippen molar-refractivity contribution in [3.63, 3.8) is 0 Å². The SMILES string of the molecule is COc1cc2c(Nc3ccc(Oc4ccsn4)cc3)c(C#N)cnc2cc1OCCCCl. The second kappa shape index (κ2) is 10.2. The lowest BCUT2D eigenvalue weighted by Gasteiger charge is -2.15. The number of halogens is 1. The summed E-state index contributed by atoms with van der Waals surface area (Å²) in [6, 6.07) is 15.0. The number of ether oxygens (including phenoxy) is 3. The Bertz CT molecular complexity index is 1240. The highest BCUT2D eigenvalue weighted by Crippen LogP contribution is 2.37. The smallest absolute Gasteiger partial charge is 0.230 e. The summed E-state index contributed by atoms with van der Waals surface area (Å²) >= 11 is 7.07. The maximum Gasteiger partial charge on any atom is 0.230 e. The third kappa shape index (κ3) is 4.85. The van der Waals surface area contributed by atoms with Gasteiger partial charge in [-0.05, 0) is 48.3 Å². The van der Waals surface area contributed by atoms with Gasteiger partial charge in [0.25, 0.3) is 0 Å². The predicted octanol–water partition coefficient (Wildman–Crippen LogP) is 6.12. The van der Waals surface area contributed by atoms with Gasteiger partial charge >= 0.3 is 0 Å². The molecule has 0 spiro atoms. The van der Waals surface area contributed by atoms with Crippen molar-refractivity contribution >= 4 is 45.4 Å². The maximum absolute atomic E-state index is 9.64. The second-order valence-corrected chi connectivity index (χ2v) is 7.70. The number of aromatic nitrogens is 2. The monoisotopic (exact) mass is 466 g/mol. The Labute approximate surface area is 194 Å². The van der Waals surface area contributed by atoms with Gasteiger partial charge in [0.2, 0.25) is 5.88 Å². The molecule has 9 heteroatoms. The van der Waals surface area contributed by atoms with Crippen molar-refractivity contribution in [2.45, 2.75) is 6.42 Å². The lowest BCUT2D eigenvalue weighted by atomic mass is 10.1. The van der Waals surface area contributed by atoms with Crippen molar-refractivity contribution in [2.75, 3.05) is 24.9 Å². The third-order valence-corrected chi connectivity index (χ3v) is 5.38. The molecule has 1 N–H and O–H groups in total. The Morgan fingerprint density at radius 3 is 2.69 bits per heavy atom. The minimum absolute atomic E-state index is 0.415. The van der Waals surface area contributed by atoms with Gasteiger partial charge in [-0.3, -0.25) is 4.98 Å². The molecule has 7 nitrogen and oxygen atoms in total. The van der Waals surface area contributed by atoms with Gasteiger partial charge in [-0.15, -0.1) is 11.6 Å². The fourth-order valence-corrected chi connectivity index (χ4v) is 3.60. The van der Waals surface area contributed by atoms with Crippen molar-refractivity contribution in [2.24, 2.45) is 0 Å². The van der Waals surface area contributed by atoms with E-state index < -0.39 is 0 Å². The third-order valence-electron chi connectivity index (χ3n) is 4.57. The first-order valence-corrected chi connectivity index (χ1v) is 11.1. The predicted molar refractivity (Wildman–Crippen MR) is 126 cm³/mol. The molecule has 0 aliphatic carbocycles. The van der Waals surface area contributed by atoms with Crippen LogP contribution in [0.5, 0.6) is 23.1 Å². The molecular formula is C23H19ClN4O3S. The molecule has 2 aromatic carbocycles. The lowest BCUT2D eigenvalue weighted by Crippen LogP contribution is -2.02. The Morgan fingerprint density at radius 2 is 2.00 bits per heavy atom. The van der Waals surface area contributed by atoms with Crippen LogP contribution in [0.15, 0.2) is 54.0 Å². The summed E-state index contributed by atoms with van der Waals surface area (Å²) in [6.45, 7) is 0.474. The van der Waals surface area contributed by atoms with Crippen LogP contribution >= 0.6 is 23.1 Å². The summed E-state index contributed by atoms with van der Waals surface area (Å²) < 4.78 is 21.1. The molecule has 162 valence electrons. The highest BCUT2D eigenvalue weighted by atomic mass is 35.5. The Hall–Kier alpha value is -3.54. The van der Waals surface area contributed by atoms with Gasteiger partial charge in [-0.2, -0.15) is 9.64 Å². The molecule has 0 aliphatic rings. The van der Waals surface area contributed by atoms with E-state index in [9.17, 15) is 5.26 Å². The molecule has 0 amide bonds. The van der Waals surface area contributed by atoms with E-state index in [1.54, 1.807) is 25.4 Å². The summed E-state index contributed by atoms with van der Waals surface area (Å²) in [4.78, 5) is 4.42. The van der Waals surface area contributed by atoms with E-state index in [4.69, 9.17) is 25.8 Å². The van der Waals surface area contributed by atoms with Gasteiger partial charge in [0.05, 0.1) is 30.5 Å². The van der Waals surface area contributed by atoms with Gasteiger partial charge in [-0.1, -0.05) is 0 Å². The van der Waals surface area contributed by atoms with Crippen LogP contribution in [0.3, 0.4) is 0 Å². The molecule has 0 radical (unpaired) electrons. The Morgan fingerprint density at radius 1 is 1.16 bits per heavy atom. The van der Waals surface area contributed by atoms with Gasteiger partial charge < -0.3 is 19.5 Å². The molecule has 4 rings (SSSR count). The largest absolute Gasteiger partial charge is 0.493 e. The highest BCUT2D eigenvalue weighted by Gasteiger charge is 2.15. The molecular weight excluding hydrogens is 448 g/mol. The van der Waals surface area contributed by atoms with Crippen LogP contribution in [0.4, 0.5) is 11.4 Å². The van der Waals surface area contributed by atoms with E-state index >= 15 is 0 Å². The van der Waals surface area contributed by atoms with Crippen molar-refractivity contribution < 1.29 is 14.2 Å². The molecule has 32 heavy (non-hydrogen) atoms. The number of hydrogen-bond acceptors (Lipinski definition) is 8. The van der Waals surface area contributed by atoms with Crippen molar-refractivity contribution in [1.29, 1.82) is 5.26 Å². The molecule has 2 aromatic heterocycles. The number of benzene rings is 2. The molecule has 0 aliphatic heterocycles. The van der Waals surface area contributed by atoms with Crippen LogP contribution in [0.2, 0.25) is 0 Å². The van der Waals surface area contributed by atoms with Gasteiger partial charge in [0, 0.05) is 40.7 Å². The normalized spacial score (nSPS) is 10.5. The molecule has 0 bridgehead atoms. The second-order valence-electron chi connectivity index (χ2n) is 6.66. The summed E-state index contributed by atoms with van der Waals surface area (Å²) in [7, 11) is 1.57. The average Bonchev–Trinajstić information content (AvgIpc) is 3.33. The fraction of sp³-hybridized carbons (Fsp3) is 0.174. The number of nitrogens with zero attached hydrogens (tertiary/aromatic N) is 3. The van der Waals surface area contributed by atoms with Crippen molar-refractivity contribution in [3.05, 3.63) is 59.6 Å². The van der Waals surface area contributed by atoms with E-state index in [1.165, 1.54) is 11.5 Å². The summed E-state index contributed by atoms with van der Waals surface area (Å²) in [6.07, 6.45) is 2.26. The summed E-state index contributed by atoms with van der Waals surface area (Å²) in [5, 5.41) is 15.6. The molecule has 0 atom stereocenters. The van der Waals surface area contributed by atoms with Crippen molar-refractivity contribution in [1.82, 2.24) is 9.36 Å². The van der Waals surface area contributed by atoms with Gasteiger partial charge in [0.1, 0.15) is 11.8 Å². The minimum Gasteiger partial charge on any atom is -0.493 e. The van der Waals surface area contributed by atoms with E-state index in [2.05, 4.69) is 20.7 Å². The molecule has 4 aromatic rings. The zero-order valence-corrected chi connectivity index (χ0v) is 18.7. The van der Waals surface area contributed by atoms with Crippen LogP contribution in [0, 0.1) is 11.3 Å². The van der Waals surface area contributed by atoms with Gasteiger partial charge in [-0.25, -0.2) is 0 Å². The van der Waals surface area contributed by atoms with E-state index in [0.29, 0.717) is 52.4 Å². The topological polar surface area (TPSA) is 89.3 Å². The minimum atomic E-state index is 0.415. The van der Waals surface area contributed by atoms with Gasteiger partial charge in [0.15, 0.2) is 11.5 Å². The quantitative estimate of drug-likeness (QED) is 0.235. The standard InChI is InChI=1S/C23H19ClN4O3S/c1-29-20-11-18-19(12-21(20)30-9-2-8-24)26-14-15(13-25)23(18)27-16-3-5-17(6-4-16)31-22-7-10-32-28-22/h3-7,10-12,14H,2,8-9H2,1H3,(H,26,27). The first kappa shape index (κ1) is 21.7. The number of alkyl halides is 1.